The number of ether oxygens (including phenoxy) is 1. The van der Waals surface area contributed by atoms with Crippen LogP contribution in [0.25, 0.3) is 11.5 Å². The molecule has 1 heterocycles. The first kappa shape index (κ1) is 15.5. The molecule has 2 aromatic carbocycles. The van der Waals surface area contributed by atoms with Crippen molar-refractivity contribution in [1.82, 2.24) is 10.2 Å². The van der Waals surface area contributed by atoms with Crippen LogP contribution in [0.4, 0.5) is 0 Å². The molecule has 116 valence electrons. The predicted octanol–water partition coefficient (Wildman–Crippen LogP) is 4.40. The Hall–Kier alpha value is -2.37. The standard InChI is InChI=1S/C16H10Cl2N2O3/c17-11-6-7-12(13(18)8-11)16(21)22-9-14-19-20-15(23-14)10-4-2-1-3-5-10/h1-8H,9H2. The molecular formula is C16H10Cl2N2O3. The maximum atomic E-state index is 12.0. The number of rotatable bonds is 4. The maximum absolute atomic E-state index is 12.0. The molecule has 0 fully saturated rings. The number of hydrogen-bond donors (Lipinski definition) is 0. The van der Waals surface area contributed by atoms with Crippen molar-refractivity contribution in [1.29, 1.82) is 0 Å². The zero-order valence-corrected chi connectivity index (χ0v) is 13.2. The number of carbonyl (C=O) groups is 1. The number of nitrogens with zero attached hydrogens (tertiary/aromatic N) is 2. The number of aromatic nitrogens is 2. The van der Waals surface area contributed by atoms with Gasteiger partial charge in [-0.1, -0.05) is 41.4 Å². The third kappa shape index (κ3) is 3.70. The molecular weight excluding hydrogens is 339 g/mol. The van der Waals surface area contributed by atoms with E-state index in [-0.39, 0.29) is 23.1 Å². The van der Waals surface area contributed by atoms with E-state index < -0.39 is 5.97 Å². The van der Waals surface area contributed by atoms with Crippen LogP contribution in [0.5, 0.6) is 0 Å². The fourth-order valence-electron chi connectivity index (χ4n) is 1.87. The van der Waals surface area contributed by atoms with Gasteiger partial charge >= 0.3 is 5.97 Å². The molecule has 0 radical (unpaired) electrons. The van der Waals surface area contributed by atoms with Crippen LogP contribution in [0.1, 0.15) is 16.2 Å². The van der Waals surface area contributed by atoms with Gasteiger partial charge < -0.3 is 9.15 Å². The molecule has 7 heteroatoms. The Labute approximate surface area is 141 Å². The molecule has 0 aliphatic rings. The second-order valence-electron chi connectivity index (χ2n) is 4.57. The second-order valence-corrected chi connectivity index (χ2v) is 5.41. The van der Waals surface area contributed by atoms with Gasteiger partial charge in [0, 0.05) is 10.6 Å². The molecule has 0 saturated carbocycles. The predicted molar refractivity (Wildman–Crippen MR) is 85.3 cm³/mol. The van der Waals surface area contributed by atoms with Gasteiger partial charge in [-0.15, -0.1) is 10.2 Å². The van der Waals surface area contributed by atoms with Gasteiger partial charge in [0.2, 0.25) is 5.89 Å². The first-order valence-electron chi connectivity index (χ1n) is 6.63. The second kappa shape index (κ2) is 6.81. The van der Waals surface area contributed by atoms with Crippen LogP contribution in [-0.2, 0) is 11.3 Å². The van der Waals surface area contributed by atoms with Crippen molar-refractivity contribution in [2.24, 2.45) is 0 Å². The van der Waals surface area contributed by atoms with Gasteiger partial charge in [-0.05, 0) is 30.3 Å². The molecule has 0 atom stereocenters. The Kier molecular flexibility index (Phi) is 4.60. The number of benzene rings is 2. The van der Waals surface area contributed by atoms with Crippen LogP contribution < -0.4 is 0 Å². The van der Waals surface area contributed by atoms with Crippen LogP contribution in [0.2, 0.25) is 10.0 Å². The molecule has 0 N–H and O–H groups in total. The lowest BCUT2D eigenvalue weighted by atomic mass is 10.2. The van der Waals surface area contributed by atoms with Gasteiger partial charge in [-0.3, -0.25) is 0 Å². The van der Waals surface area contributed by atoms with E-state index in [1.807, 2.05) is 30.3 Å². The van der Waals surface area contributed by atoms with E-state index in [1.54, 1.807) is 6.07 Å². The highest BCUT2D eigenvalue weighted by Gasteiger charge is 2.15. The number of esters is 1. The van der Waals surface area contributed by atoms with E-state index in [1.165, 1.54) is 12.1 Å². The number of carbonyl (C=O) groups excluding carboxylic acids is 1. The Balaban J connectivity index is 1.67. The molecule has 0 spiro atoms. The van der Waals surface area contributed by atoms with Crippen LogP contribution in [-0.4, -0.2) is 16.2 Å². The molecule has 0 bridgehead atoms. The highest BCUT2D eigenvalue weighted by atomic mass is 35.5. The molecule has 23 heavy (non-hydrogen) atoms. The topological polar surface area (TPSA) is 65.2 Å². The molecule has 0 amide bonds. The Bertz CT molecular complexity index is 834. The minimum absolute atomic E-state index is 0.141. The largest absolute Gasteiger partial charge is 0.452 e. The van der Waals surface area contributed by atoms with Crippen molar-refractivity contribution in [2.45, 2.75) is 6.61 Å². The average Bonchev–Trinajstić information content (AvgIpc) is 3.02. The summed E-state index contributed by atoms with van der Waals surface area (Å²) in [5.41, 5.74) is 1.01. The average molecular weight is 349 g/mol. The summed E-state index contributed by atoms with van der Waals surface area (Å²) in [6.45, 7) is -0.141. The quantitative estimate of drug-likeness (QED) is 0.653. The van der Waals surface area contributed by atoms with Crippen LogP contribution in [0.15, 0.2) is 52.9 Å². The minimum atomic E-state index is -0.592. The van der Waals surface area contributed by atoms with Gasteiger partial charge in [-0.2, -0.15) is 0 Å². The molecule has 3 aromatic rings. The molecule has 0 unspecified atom stereocenters. The van der Waals surface area contributed by atoms with E-state index in [4.69, 9.17) is 32.4 Å². The fraction of sp³-hybridized carbons (Fsp3) is 0.0625. The Morgan fingerprint density at radius 3 is 2.61 bits per heavy atom. The zero-order chi connectivity index (χ0) is 16.2. The molecule has 5 nitrogen and oxygen atoms in total. The third-order valence-electron chi connectivity index (χ3n) is 2.97. The van der Waals surface area contributed by atoms with Crippen molar-refractivity contribution < 1.29 is 13.9 Å². The summed E-state index contributed by atoms with van der Waals surface area (Å²) < 4.78 is 10.6. The van der Waals surface area contributed by atoms with Crippen molar-refractivity contribution in [3.8, 4) is 11.5 Å². The summed E-state index contributed by atoms with van der Waals surface area (Å²) >= 11 is 11.7. The first-order valence-corrected chi connectivity index (χ1v) is 7.39. The zero-order valence-electron chi connectivity index (χ0n) is 11.7. The van der Waals surface area contributed by atoms with Crippen LogP contribution in [0, 0.1) is 0 Å². The van der Waals surface area contributed by atoms with Gasteiger partial charge in [0.25, 0.3) is 5.89 Å². The molecule has 0 aliphatic carbocycles. The monoisotopic (exact) mass is 348 g/mol. The van der Waals surface area contributed by atoms with E-state index in [0.29, 0.717) is 10.9 Å². The van der Waals surface area contributed by atoms with E-state index in [2.05, 4.69) is 10.2 Å². The number of halogens is 2. The van der Waals surface area contributed by atoms with Crippen molar-refractivity contribution in [3.05, 3.63) is 70.0 Å². The van der Waals surface area contributed by atoms with E-state index >= 15 is 0 Å². The maximum Gasteiger partial charge on any atom is 0.340 e. The molecule has 1 aromatic heterocycles. The van der Waals surface area contributed by atoms with Crippen molar-refractivity contribution in [3.63, 3.8) is 0 Å². The lowest BCUT2D eigenvalue weighted by molar-refractivity contribution is 0.0439. The lowest BCUT2D eigenvalue weighted by Gasteiger charge is -2.04. The first-order chi connectivity index (χ1) is 11.1. The molecule has 0 saturated heterocycles. The summed E-state index contributed by atoms with van der Waals surface area (Å²) in [7, 11) is 0. The summed E-state index contributed by atoms with van der Waals surface area (Å²) in [4.78, 5) is 12.0. The summed E-state index contributed by atoms with van der Waals surface area (Å²) in [6, 6.07) is 13.8. The SMILES string of the molecule is O=C(OCc1nnc(-c2ccccc2)o1)c1ccc(Cl)cc1Cl. The van der Waals surface area contributed by atoms with Crippen molar-refractivity contribution in [2.75, 3.05) is 0 Å². The Morgan fingerprint density at radius 2 is 1.87 bits per heavy atom. The summed E-state index contributed by atoms with van der Waals surface area (Å²) in [6.07, 6.45) is 0. The van der Waals surface area contributed by atoms with Crippen LogP contribution >= 0.6 is 23.2 Å². The third-order valence-corrected chi connectivity index (χ3v) is 3.51. The van der Waals surface area contributed by atoms with E-state index in [9.17, 15) is 4.79 Å². The van der Waals surface area contributed by atoms with Crippen molar-refractivity contribution >= 4 is 29.2 Å². The summed E-state index contributed by atoms with van der Waals surface area (Å²) in [5, 5.41) is 8.42. The number of hydrogen-bond acceptors (Lipinski definition) is 5. The van der Waals surface area contributed by atoms with E-state index in [0.717, 1.165) is 5.56 Å². The minimum Gasteiger partial charge on any atom is -0.452 e. The highest BCUT2D eigenvalue weighted by Crippen LogP contribution is 2.22. The highest BCUT2D eigenvalue weighted by molar-refractivity contribution is 6.36. The lowest BCUT2D eigenvalue weighted by Crippen LogP contribution is -2.06. The van der Waals surface area contributed by atoms with Gasteiger partial charge in [0.15, 0.2) is 6.61 Å². The van der Waals surface area contributed by atoms with Gasteiger partial charge in [0.05, 0.1) is 10.6 Å². The van der Waals surface area contributed by atoms with Crippen LogP contribution in [0.3, 0.4) is 0 Å². The molecule has 3 rings (SSSR count). The van der Waals surface area contributed by atoms with Gasteiger partial charge in [-0.25, -0.2) is 4.79 Å². The van der Waals surface area contributed by atoms with Gasteiger partial charge in [0.1, 0.15) is 0 Å². The molecule has 0 aliphatic heterocycles. The Morgan fingerprint density at radius 1 is 1.09 bits per heavy atom. The smallest absolute Gasteiger partial charge is 0.340 e. The fourth-order valence-corrected chi connectivity index (χ4v) is 2.36. The summed E-state index contributed by atoms with van der Waals surface area (Å²) in [5.74, 6) is -0.0328. The normalized spacial score (nSPS) is 10.5.